The minimum absolute atomic E-state index is 0.213. The van der Waals surface area contributed by atoms with Crippen LogP contribution in [0.25, 0.3) is 0 Å². The minimum Gasteiger partial charge on any atom is -0.496 e. The molecule has 0 saturated carbocycles. The number of hydrogen-bond donors (Lipinski definition) is 1. The van der Waals surface area contributed by atoms with Crippen LogP contribution >= 0.6 is 0 Å². The monoisotopic (exact) mass is 272 g/mol. The van der Waals surface area contributed by atoms with Crippen molar-refractivity contribution in [2.75, 3.05) is 19.0 Å². The van der Waals surface area contributed by atoms with Gasteiger partial charge in [-0.1, -0.05) is 36.4 Å². The van der Waals surface area contributed by atoms with Crippen LogP contribution in [0.5, 0.6) is 5.75 Å². The first-order valence-electron chi connectivity index (χ1n) is 6.27. The maximum atomic E-state index is 10.9. The zero-order valence-corrected chi connectivity index (χ0v) is 11.2. The molecule has 5 nitrogen and oxygen atoms in total. The van der Waals surface area contributed by atoms with Gasteiger partial charge < -0.3 is 10.1 Å². The van der Waals surface area contributed by atoms with E-state index in [0.717, 1.165) is 11.3 Å². The predicted octanol–water partition coefficient (Wildman–Crippen LogP) is 3.13. The molecule has 20 heavy (non-hydrogen) atoms. The van der Waals surface area contributed by atoms with E-state index in [9.17, 15) is 10.1 Å². The zero-order valence-electron chi connectivity index (χ0n) is 11.2. The Bertz CT molecular complexity index is 572. The lowest BCUT2D eigenvalue weighted by Gasteiger charge is -2.19. The lowest BCUT2D eigenvalue weighted by Crippen LogP contribution is -2.21. The molecule has 0 saturated heterocycles. The molecule has 104 valence electrons. The first-order valence-corrected chi connectivity index (χ1v) is 6.27. The van der Waals surface area contributed by atoms with Gasteiger partial charge in [0, 0.05) is 16.2 Å². The summed E-state index contributed by atoms with van der Waals surface area (Å²) in [6.07, 6.45) is 0. The quantitative estimate of drug-likeness (QED) is 0.648. The van der Waals surface area contributed by atoms with E-state index in [1.54, 1.807) is 13.2 Å². The number of anilines is 1. The Morgan fingerprint density at radius 2 is 1.80 bits per heavy atom. The van der Waals surface area contributed by atoms with Gasteiger partial charge in [0.1, 0.15) is 11.8 Å². The van der Waals surface area contributed by atoms with Crippen molar-refractivity contribution in [3.8, 4) is 5.75 Å². The third kappa shape index (κ3) is 3.47. The lowest BCUT2D eigenvalue weighted by molar-refractivity contribution is -0.482. The molecule has 0 spiro atoms. The molecule has 0 radical (unpaired) electrons. The summed E-state index contributed by atoms with van der Waals surface area (Å²) in [4.78, 5) is 10.6. The summed E-state index contributed by atoms with van der Waals surface area (Å²) < 4.78 is 5.28. The van der Waals surface area contributed by atoms with Crippen LogP contribution < -0.4 is 10.1 Å². The summed E-state index contributed by atoms with van der Waals surface area (Å²) in [7, 11) is 1.56. The van der Waals surface area contributed by atoms with Crippen molar-refractivity contribution in [3.05, 3.63) is 70.3 Å². The average Bonchev–Trinajstić information content (AvgIpc) is 2.47. The highest BCUT2D eigenvalue weighted by atomic mass is 16.6. The molecule has 0 aromatic heterocycles. The van der Waals surface area contributed by atoms with Crippen molar-refractivity contribution >= 4 is 5.69 Å². The Labute approximate surface area is 117 Å². The Hall–Kier alpha value is -2.56. The van der Waals surface area contributed by atoms with Crippen LogP contribution in [0.3, 0.4) is 0 Å². The third-order valence-electron chi connectivity index (χ3n) is 2.96. The van der Waals surface area contributed by atoms with Crippen LogP contribution in [0.2, 0.25) is 0 Å². The average molecular weight is 272 g/mol. The number of nitrogens with zero attached hydrogens (tertiary/aromatic N) is 1. The topological polar surface area (TPSA) is 64.4 Å². The van der Waals surface area contributed by atoms with Gasteiger partial charge in [-0.25, -0.2) is 0 Å². The van der Waals surface area contributed by atoms with Crippen LogP contribution in [-0.2, 0) is 0 Å². The molecule has 1 atom stereocenters. The molecular weight excluding hydrogens is 256 g/mol. The molecule has 2 rings (SSSR count). The summed E-state index contributed by atoms with van der Waals surface area (Å²) in [6.45, 7) is -0.213. The van der Waals surface area contributed by atoms with Crippen LogP contribution in [0.4, 0.5) is 5.69 Å². The fraction of sp³-hybridized carbons (Fsp3) is 0.200. The number of nitro groups is 1. The van der Waals surface area contributed by atoms with Gasteiger partial charge in [-0.05, 0) is 18.2 Å². The van der Waals surface area contributed by atoms with E-state index >= 15 is 0 Å². The summed E-state index contributed by atoms with van der Waals surface area (Å²) in [6, 6.07) is 16.3. The zero-order chi connectivity index (χ0) is 14.4. The van der Waals surface area contributed by atoms with Crippen molar-refractivity contribution in [1.82, 2.24) is 0 Å². The molecule has 0 amide bonds. The van der Waals surface area contributed by atoms with E-state index in [2.05, 4.69) is 5.32 Å². The van der Waals surface area contributed by atoms with Gasteiger partial charge >= 0.3 is 0 Å². The second-order valence-corrected chi connectivity index (χ2v) is 4.32. The Morgan fingerprint density at radius 1 is 1.15 bits per heavy atom. The standard InChI is InChI=1S/C15H16N2O3/c1-20-15-10-6-5-9-13(15)14(11-17(18)19)16-12-7-3-2-4-8-12/h2-10,14,16H,11H2,1H3. The molecule has 1 N–H and O–H groups in total. The number of para-hydroxylation sites is 2. The number of nitrogens with one attached hydrogen (secondary N) is 1. The first kappa shape index (κ1) is 13.9. The molecule has 2 aromatic carbocycles. The van der Waals surface area contributed by atoms with E-state index in [0.29, 0.717) is 5.75 Å². The third-order valence-corrected chi connectivity index (χ3v) is 2.96. The predicted molar refractivity (Wildman–Crippen MR) is 77.7 cm³/mol. The van der Waals surface area contributed by atoms with Gasteiger partial charge in [0.25, 0.3) is 0 Å². The van der Waals surface area contributed by atoms with Crippen molar-refractivity contribution in [1.29, 1.82) is 0 Å². The lowest BCUT2D eigenvalue weighted by atomic mass is 10.1. The van der Waals surface area contributed by atoms with E-state index in [1.165, 1.54) is 0 Å². The van der Waals surface area contributed by atoms with Gasteiger partial charge in [0.05, 0.1) is 7.11 Å². The van der Waals surface area contributed by atoms with Gasteiger partial charge in [-0.15, -0.1) is 0 Å². The highest BCUT2D eigenvalue weighted by Gasteiger charge is 2.21. The largest absolute Gasteiger partial charge is 0.496 e. The Balaban J connectivity index is 2.29. The van der Waals surface area contributed by atoms with Crippen LogP contribution in [0.1, 0.15) is 11.6 Å². The first-order chi connectivity index (χ1) is 9.70. The normalized spacial score (nSPS) is 11.7. The van der Waals surface area contributed by atoms with Gasteiger partial charge in [0.2, 0.25) is 6.54 Å². The molecule has 5 heteroatoms. The molecule has 0 aliphatic rings. The van der Waals surface area contributed by atoms with Crippen LogP contribution in [-0.4, -0.2) is 18.6 Å². The summed E-state index contributed by atoms with van der Waals surface area (Å²) >= 11 is 0. The second kappa shape index (κ2) is 6.56. The molecule has 0 aliphatic heterocycles. The fourth-order valence-electron chi connectivity index (χ4n) is 2.06. The Morgan fingerprint density at radius 3 is 2.45 bits per heavy atom. The molecule has 0 bridgehead atoms. The van der Waals surface area contributed by atoms with Crippen molar-refractivity contribution < 1.29 is 9.66 Å². The van der Waals surface area contributed by atoms with Crippen LogP contribution in [0.15, 0.2) is 54.6 Å². The fourth-order valence-corrected chi connectivity index (χ4v) is 2.06. The van der Waals surface area contributed by atoms with E-state index in [1.807, 2.05) is 48.5 Å². The SMILES string of the molecule is COc1ccccc1C(C[N+](=O)[O-])Nc1ccccc1. The molecule has 0 fully saturated rings. The summed E-state index contributed by atoms with van der Waals surface area (Å²) in [5.74, 6) is 0.641. The number of hydrogen-bond acceptors (Lipinski definition) is 4. The van der Waals surface area contributed by atoms with E-state index in [-0.39, 0.29) is 11.5 Å². The number of ether oxygens (including phenoxy) is 1. The maximum Gasteiger partial charge on any atom is 0.228 e. The number of methoxy groups -OCH3 is 1. The minimum atomic E-state index is -0.441. The molecule has 2 aromatic rings. The van der Waals surface area contributed by atoms with Crippen molar-refractivity contribution in [2.45, 2.75) is 6.04 Å². The van der Waals surface area contributed by atoms with Gasteiger partial charge in [-0.2, -0.15) is 0 Å². The Kier molecular flexibility index (Phi) is 4.55. The summed E-state index contributed by atoms with van der Waals surface area (Å²) in [5.41, 5.74) is 1.61. The molecule has 0 heterocycles. The highest BCUT2D eigenvalue weighted by molar-refractivity contribution is 5.47. The highest BCUT2D eigenvalue weighted by Crippen LogP contribution is 2.27. The van der Waals surface area contributed by atoms with Gasteiger partial charge in [-0.3, -0.25) is 10.1 Å². The second-order valence-electron chi connectivity index (χ2n) is 4.32. The van der Waals surface area contributed by atoms with Crippen molar-refractivity contribution in [2.24, 2.45) is 0 Å². The summed E-state index contributed by atoms with van der Waals surface area (Å²) in [5, 5.41) is 14.1. The van der Waals surface area contributed by atoms with E-state index < -0.39 is 6.04 Å². The molecule has 1 unspecified atom stereocenters. The number of rotatable bonds is 6. The molecule has 0 aliphatic carbocycles. The van der Waals surface area contributed by atoms with Crippen molar-refractivity contribution in [3.63, 3.8) is 0 Å². The number of benzene rings is 2. The maximum absolute atomic E-state index is 10.9. The smallest absolute Gasteiger partial charge is 0.228 e. The van der Waals surface area contributed by atoms with Crippen LogP contribution in [0, 0.1) is 10.1 Å². The van der Waals surface area contributed by atoms with Gasteiger partial charge in [0.15, 0.2) is 0 Å². The molecular formula is C15H16N2O3. The van der Waals surface area contributed by atoms with E-state index in [4.69, 9.17) is 4.74 Å².